The Hall–Kier alpha value is -2.41. The van der Waals surface area contributed by atoms with E-state index in [1.807, 2.05) is 30.3 Å². The van der Waals surface area contributed by atoms with Crippen molar-refractivity contribution in [2.75, 3.05) is 32.8 Å². The Labute approximate surface area is 205 Å². The van der Waals surface area contributed by atoms with E-state index >= 15 is 0 Å². The number of fused-ring (bicyclic) bond motifs is 1. The number of carbonyl (C=O) groups excluding carboxylic acids is 1. The lowest BCUT2D eigenvalue weighted by Crippen LogP contribution is -2.50. The average molecular weight is 479 g/mol. The van der Waals surface area contributed by atoms with Gasteiger partial charge in [0.1, 0.15) is 18.1 Å². The first-order valence-corrected chi connectivity index (χ1v) is 13.4. The van der Waals surface area contributed by atoms with Gasteiger partial charge < -0.3 is 15.2 Å². The van der Waals surface area contributed by atoms with Gasteiger partial charge in [-0.15, -0.1) is 11.3 Å². The highest BCUT2D eigenvalue weighted by molar-refractivity contribution is 7.19. The van der Waals surface area contributed by atoms with Crippen molar-refractivity contribution in [2.24, 2.45) is 0 Å². The first-order valence-electron chi connectivity index (χ1n) is 12.6. The Morgan fingerprint density at radius 2 is 1.94 bits per heavy atom. The number of phenolic OH excluding ortho intramolecular Hbond substituents is 1. The first-order chi connectivity index (χ1) is 16.6. The van der Waals surface area contributed by atoms with Crippen molar-refractivity contribution in [3.63, 3.8) is 0 Å². The minimum Gasteiger partial charge on any atom is -0.508 e. The summed E-state index contributed by atoms with van der Waals surface area (Å²) in [5.74, 6) is 1.55. The van der Waals surface area contributed by atoms with Crippen molar-refractivity contribution in [1.29, 1.82) is 0 Å². The van der Waals surface area contributed by atoms with Crippen molar-refractivity contribution in [1.82, 2.24) is 10.2 Å². The summed E-state index contributed by atoms with van der Waals surface area (Å²) in [6.45, 7) is 6.89. The van der Waals surface area contributed by atoms with Crippen molar-refractivity contribution >= 4 is 27.2 Å². The van der Waals surface area contributed by atoms with Crippen LogP contribution in [-0.2, 0) is 0 Å². The zero-order chi connectivity index (χ0) is 23.5. The molecule has 1 unspecified atom stereocenters. The van der Waals surface area contributed by atoms with Crippen LogP contribution in [-0.4, -0.2) is 54.6 Å². The Bertz CT molecular complexity index is 1130. The summed E-state index contributed by atoms with van der Waals surface area (Å²) in [5.41, 5.74) is 1.52. The maximum Gasteiger partial charge on any atom is 0.194 e. The SMILES string of the molecule is CC1CN(CCOc2ccc(C(=O)c3c(C4CCCCC4)sc4cc(O)ccc34)cc2)CCN1. The molecular weight excluding hydrogens is 444 g/mol. The molecule has 1 saturated heterocycles. The normalized spacial score (nSPS) is 20.0. The van der Waals surface area contributed by atoms with E-state index in [0.717, 1.165) is 60.4 Å². The Balaban J connectivity index is 1.32. The third-order valence-corrected chi connectivity index (χ3v) is 8.46. The molecule has 0 amide bonds. The molecular formula is C28H34N2O3S. The molecule has 2 heterocycles. The second kappa shape index (κ2) is 10.5. The fourth-order valence-corrected chi connectivity index (χ4v) is 6.75. The number of aromatic hydroxyl groups is 1. The van der Waals surface area contributed by atoms with Gasteiger partial charge in [-0.05, 0) is 68.1 Å². The van der Waals surface area contributed by atoms with Crippen LogP contribution in [0, 0.1) is 0 Å². The number of piperazine rings is 1. The summed E-state index contributed by atoms with van der Waals surface area (Å²) < 4.78 is 6.96. The highest BCUT2D eigenvalue weighted by Gasteiger charge is 2.27. The summed E-state index contributed by atoms with van der Waals surface area (Å²) >= 11 is 1.68. The highest BCUT2D eigenvalue weighted by Crippen LogP contribution is 2.44. The summed E-state index contributed by atoms with van der Waals surface area (Å²) in [7, 11) is 0. The lowest BCUT2D eigenvalue weighted by molar-refractivity contribution is 0.103. The van der Waals surface area contributed by atoms with Gasteiger partial charge in [0.15, 0.2) is 5.78 Å². The van der Waals surface area contributed by atoms with E-state index < -0.39 is 0 Å². The summed E-state index contributed by atoms with van der Waals surface area (Å²) in [4.78, 5) is 17.3. The minimum atomic E-state index is 0.0684. The molecule has 1 saturated carbocycles. The molecule has 2 N–H and O–H groups in total. The number of carbonyl (C=O) groups is 1. The molecule has 2 aliphatic rings. The summed E-state index contributed by atoms with van der Waals surface area (Å²) in [6, 6.07) is 13.5. The van der Waals surface area contributed by atoms with Crippen molar-refractivity contribution in [3.8, 4) is 11.5 Å². The molecule has 1 aromatic heterocycles. The lowest BCUT2D eigenvalue weighted by Gasteiger charge is -2.31. The van der Waals surface area contributed by atoms with Crippen molar-refractivity contribution in [3.05, 3.63) is 58.5 Å². The van der Waals surface area contributed by atoms with E-state index in [0.29, 0.717) is 24.1 Å². The molecule has 5 rings (SSSR count). The van der Waals surface area contributed by atoms with E-state index in [4.69, 9.17) is 4.74 Å². The molecule has 1 atom stereocenters. The van der Waals surface area contributed by atoms with Crippen LogP contribution in [0.25, 0.3) is 10.1 Å². The van der Waals surface area contributed by atoms with Gasteiger partial charge in [-0.25, -0.2) is 0 Å². The van der Waals surface area contributed by atoms with Crippen LogP contribution in [0.4, 0.5) is 0 Å². The van der Waals surface area contributed by atoms with Gasteiger partial charge in [0.25, 0.3) is 0 Å². The number of nitrogens with one attached hydrogen (secondary N) is 1. The van der Waals surface area contributed by atoms with Crippen LogP contribution in [0.1, 0.15) is 65.7 Å². The number of hydrogen-bond acceptors (Lipinski definition) is 6. The molecule has 3 aromatic rings. The predicted octanol–water partition coefficient (Wildman–Crippen LogP) is 5.56. The molecule has 1 aliphatic carbocycles. The fraction of sp³-hybridized carbons (Fsp3) is 0.464. The first kappa shape index (κ1) is 23.3. The number of ketones is 1. The predicted molar refractivity (Wildman–Crippen MR) is 139 cm³/mol. The number of thiophene rings is 1. The summed E-state index contributed by atoms with van der Waals surface area (Å²) in [6.07, 6.45) is 5.99. The van der Waals surface area contributed by atoms with Crippen LogP contribution >= 0.6 is 11.3 Å². The molecule has 1 aliphatic heterocycles. The number of hydrogen-bond donors (Lipinski definition) is 2. The molecule has 180 valence electrons. The fourth-order valence-electron chi connectivity index (χ4n) is 5.35. The Morgan fingerprint density at radius 1 is 1.15 bits per heavy atom. The topological polar surface area (TPSA) is 61.8 Å². The quantitative estimate of drug-likeness (QED) is 0.436. The number of rotatable bonds is 7. The molecule has 34 heavy (non-hydrogen) atoms. The van der Waals surface area contributed by atoms with Gasteiger partial charge in [0.05, 0.1) is 0 Å². The van der Waals surface area contributed by atoms with Gasteiger partial charge in [0.2, 0.25) is 0 Å². The number of benzene rings is 2. The Morgan fingerprint density at radius 3 is 2.71 bits per heavy atom. The molecule has 0 bridgehead atoms. The van der Waals surface area contributed by atoms with Crippen LogP contribution in [0.3, 0.4) is 0 Å². The monoisotopic (exact) mass is 478 g/mol. The van der Waals surface area contributed by atoms with Crippen LogP contribution in [0.15, 0.2) is 42.5 Å². The van der Waals surface area contributed by atoms with Crippen LogP contribution in [0.2, 0.25) is 0 Å². The number of ether oxygens (including phenoxy) is 1. The van der Waals surface area contributed by atoms with E-state index in [1.165, 1.54) is 24.1 Å². The summed E-state index contributed by atoms with van der Waals surface area (Å²) in [5, 5.41) is 14.4. The molecule has 2 fully saturated rings. The van der Waals surface area contributed by atoms with Gasteiger partial charge in [-0.2, -0.15) is 0 Å². The largest absolute Gasteiger partial charge is 0.508 e. The van der Waals surface area contributed by atoms with Crippen LogP contribution in [0.5, 0.6) is 11.5 Å². The van der Waals surface area contributed by atoms with E-state index in [-0.39, 0.29) is 11.5 Å². The standard InChI is InChI=1S/C28H34N2O3S/c1-19-18-30(14-13-29-19)15-16-33-23-10-7-20(8-11-23)27(32)26-24-12-9-22(31)17-25(24)34-28(26)21-5-3-2-4-6-21/h7-12,17,19,21,29,31H,2-6,13-16,18H2,1H3. The average Bonchev–Trinajstić information content (AvgIpc) is 3.23. The second-order valence-electron chi connectivity index (χ2n) is 9.71. The van der Waals surface area contributed by atoms with Gasteiger partial charge in [0, 0.05) is 58.3 Å². The van der Waals surface area contributed by atoms with E-state index in [2.05, 4.69) is 17.1 Å². The third-order valence-electron chi connectivity index (χ3n) is 7.15. The zero-order valence-corrected chi connectivity index (χ0v) is 20.7. The smallest absolute Gasteiger partial charge is 0.194 e. The maximum absolute atomic E-state index is 13.7. The highest BCUT2D eigenvalue weighted by atomic mass is 32.1. The van der Waals surface area contributed by atoms with E-state index in [9.17, 15) is 9.90 Å². The van der Waals surface area contributed by atoms with Gasteiger partial charge >= 0.3 is 0 Å². The second-order valence-corrected chi connectivity index (χ2v) is 10.8. The van der Waals surface area contributed by atoms with Crippen LogP contribution < -0.4 is 10.1 Å². The van der Waals surface area contributed by atoms with Crippen molar-refractivity contribution < 1.29 is 14.6 Å². The Kier molecular flexibility index (Phi) is 7.18. The molecule has 6 heteroatoms. The van der Waals surface area contributed by atoms with Gasteiger partial charge in [-0.3, -0.25) is 9.69 Å². The lowest BCUT2D eigenvalue weighted by atomic mass is 9.85. The third kappa shape index (κ3) is 5.14. The molecule has 0 radical (unpaired) electrons. The van der Waals surface area contributed by atoms with Gasteiger partial charge in [-0.1, -0.05) is 19.3 Å². The molecule has 5 nitrogen and oxygen atoms in total. The molecule has 2 aromatic carbocycles. The number of phenols is 1. The minimum absolute atomic E-state index is 0.0684. The van der Waals surface area contributed by atoms with E-state index in [1.54, 1.807) is 23.5 Å². The number of nitrogens with zero attached hydrogens (tertiary/aromatic N) is 1. The molecule has 0 spiro atoms. The zero-order valence-electron chi connectivity index (χ0n) is 19.9. The van der Waals surface area contributed by atoms with Crippen molar-refractivity contribution in [2.45, 2.75) is 51.0 Å². The maximum atomic E-state index is 13.7.